The van der Waals surface area contributed by atoms with Gasteiger partial charge in [0.1, 0.15) is 0 Å². The van der Waals surface area contributed by atoms with Gasteiger partial charge in [0.25, 0.3) is 0 Å². The lowest BCUT2D eigenvalue weighted by Gasteiger charge is -2.33. The Bertz CT molecular complexity index is 412. The summed E-state index contributed by atoms with van der Waals surface area (Å²) in [5, 5.41) is 0. The quantitative estimate of drug-likeness (QED) is 0.0762. The van der Waals surface area contributed by atoms with Crippen LogP contribution in [0.1, 0.15) is 239 Å². The summed E-state index contributed by atoms with van der Waals surface area (Å²) in [6.07, 6.45) is 49.3. The van der Waals surface area contributed by atoms with Crippen molar-refractivity contribution in [2.45, 2.75) is 239 Å². The Kier molecular flexibility index (Phi) is 33.4. The molecule has 0 aromatic rings. The van der Waals surface area contributed by atoms with Crippen LogP contribution in [0.15, 0.2) is 0 Å². The van der Waals surface area contributed by atoms with Gasteiger partial charge in [-0.15, -0.1) is 0 Å². The smallest absolute Gasteiger partial charge is 0.00773 e. The lowest BCUT2D eigenvalue weighted by molar-refractivity contribution is 0.187. The lowest BCUT2D eigenvalue weighted by atomic mass is 9.72. The van der Waals surface area contributed by atoms with Gasteiger partial charge in [-0.25, -0.2) is 0 Å². The summed E-state index contributed by atoms with van der Waals surface area (Å²) < 4.78 is 0. The van der Waals surface area contributed by atoms with Crippen LogP contribution >= 0.6 is 0 Å². The summed E-state index contributed by atoms with van der Waals surface area (Å²) in [6.45, 7) is 7.98. The predicted octanol–water partition coefficient (Wildman–Crippen LogP) is 14.3. The predicted molar refractivity (Wildman–Crippen MR) is 185 cm³/mol. The fraction of sp³-hybridized carbons (Fsp3) is 1.00. The molecule has 0 aromatic carbocycles. The molecule has 0 aliphatic heterocycles. The van der Waals surface area contributed by atoms with Gasteiger partial charge in [0.2, 0.25) is 0 Å². The number of hydrogen-bond donors (Lipinski definition) is 1. The van der Waals surface area contributed by atoms with Crippen LogP contribution < -0.4 is 5.73 Å². The van der Waals surface area contributed by atoms with E-state index in [1.54, 1.807) is 0 Å². The Balaban J connectivity index is 3.85. The summed E-state index contributed by atoms with van der Waals surface area (Å²) in [6, 6.07) is 0. The molecule has 40 heavy (non-hydrogen) atoms. The van der Waals surface area contributed by atoms with Crippen molar-refractivity contribution in [3.05, 3.63) is 0 Å². The molecule has 0 bridgehead atoms. The Labute approximate surface area is 256 Å². The van der Waals surface area contributed by atoms with Gasteiger partial charge in [0, 0.05) is 0 Å². The van der Waals surface area contributed by atoms with E-state index in [0.717, 1.165) is 6.54 Å². The molecule has 0 amide bonds. The van der Waals surface area contributed by atoms with E-state index in [9.17, 15) is 0 Å². The molecule has 0 fully saturated rings. The van der Waals surface area contributed by atoms with Gasteiger partial charge in [-0.1, -0.05) is 213 Å². The summed E-state index contributed by atoms with van der Waals surface area (Å²) in [4.78, 5) is 0. The maximum Gasteiger partial charge on any atom is -0.00773 e. The fourth-order valence-corrected chi connectivity index (χ4v) is 6.94. The maximum atomic E-state index is 5.86. The van der Waals surface area contributed by atoms with Crippen LogP contribution in [0.2, 0.25) is 0 Å². The minimum absolute atomic E-state index is 0.615. The first kappa shape index (κ1) is 40.0. The van der Waals surface area contributed by atoms with Crippen molar-refractivity contribution in [3.63, 3.8) is 0 Å². The van der Waals surface area contributed by atoms with E-state index < -0.39 is 0 Å². The van der Waals surface area contributed by atoms with Crippen LogP contribution in [0.4, 0.5) is 0 Å². The summed E-state index contributed by atoms with van der Waals surface area (Å²) >= 11 is 0. The van der Waals surface area contributed by atoms with Crippen LogP contribution in [0.3, 0.4) is 0 Å². The zero-order chi connectivity index (χ0) is 29.2. The van der Waals surface area contributed by atoms with Crippen molar-refractivity contribution >= 4 is 0 Å². The van der Waals surface area contributed by atoms with Crippen molar-refractivity contribution in [1.82, 2.24) is 0 Å². The van der Waals surface area contributed by atoms with Crippen LogP contribution in [0.5, 0.6) is 0 Å². The first-order valence-corrected chi connectivity index (χ1v) is 19.4. The first-order chi connectivity index (χ1) is 19.7. The zero-order valence-electron chi connectivity index (χ0n) is 28.8. The van der Waals surface area contributed by atoms with E-state index in [-0.39, 0.29) is 0 Å². The average Bonchev–Trinajstić information content (AvgIpc) is 2.97. The molecule has 0 rings (SSSR count). The van der Waals surface area contributed by atoms with Gasteiger partial charge < -0.3 is 5.73 Å². The second-order valence-corrected chi connectivity index (χ2v) is 13.8. The SMILES string of the molecule is CCCCCCCCCCCCCCCCC(CC)(CCCCN)CCCCCCCCCCCCCCCC. The topological polar surface area (TPSA) is 26.0 Å². The molecule has 0 heterocycles. The Morgan fingerprint density at radius 2 is 0.525 bits per heavy atom. The third kappa shape index (κ3) is 28.1. The van der Waals surface area contributed by atoms with Crippen LogP contribution in [0, 0.1) is 5.41 Å². The second kappa shape index (κ2) is 33.5. The molecule has 0 aromatic heterocycles. The van der Waals surface area contributed by atoms with Gasteiger partial charge in [0.15, 0.2) is 0 Å². The highest BCUT2D eigenvalue weighted by atomic mass is 14.5. The monoisotopic (exact) mass is 564 g/mol. The van der Waals surface area contributed by atoms with Crippen molar-refractivity contribution in [2.24, 2.45) is 11.1 Å². The standard InChI is InChI=1S/C39H81N/c1-4-7-9-11-13-15-17-19-21-23-25-27-29-31-35-39(6-3,37-33-34-38-40)36-32-30-28-26-24-22-20-18-16-14-12-10-8-5-2/h4-38,40H2,1-3H3. The minimum Gasteiger partial charge on any atom is -0.330 e. The summed E-state index contributed by atoms with van der Waals surface area (Å²) in [7, 11) is 0. The van der Waals surface area contributed by atoms with E-state index in [0.29, 0.717) is 5.41 Å². The Morgan fingerprint density at radius 3 is 0.750 bits per heavy atom. The lowest BCUT2D eigenvalue weighted by Crippen LogP contribution is -2.20. The molecular weight excluding hydrogens is 482 g/mol. The average molecular weight is 564 g/mol. The highest BCUT2D eigenvalue weighted by molar-refractivity contribution is 4.78. The largest absolute Gasteiger partial charge is 0.330 e. The van der Waals surface area contributed by atoms with Crippen molar-refractivity contribution < 1.29 is 0 Å². The molecule has 2 N–H and O–H groups in total. The normalized spacial score (nSPS) is 12.0. The van der Waals surface area contributed by atoms with E-state index in [1.807, 2.05) is 0 Å². The Hall–Kier alpha value is -0.0400. The third-order valence-electron chi connectivity index (χ3n) is 10.0. The molecule has 0 atom stereocenters. The van der Waals surface area contributed by atoms with E-state index in [4.69, 9.17) is 5.73 Å². The molecule has 0 aliphatic rings. The third-order valence-corrected chi connectivity index (χ3v) is 10.0. The fourth-order valence-electron chi connectivity index (χ4n) is 6.94. The molecule has 0 unspecified atom stereocenters. The summed E-state index contributed by atoms with van der Waals surface area (Å²) in [5.74, 6) is 0. The molecule has 1 nitrogen and oxygen atoms in total. The molecular formula is C39H81N. The molecule has 0 saturated heterocycles. The highest BCUT2D eigenvalue weighted by Crippen LogP contribution is 2.40. The van der Waals surface area contributed by atoms with E-state index in [2.05, 4.69) is 20.8 Å². The van der Waals surface area contributed by atoms with Crippen molar-refractivity contribution in [2.75, 3.05) is 6.54 Å². The first-order valence-electron chi connectivity index (χ1n) is 19.4. The van der Waals surface area contributed by atoms with Gasteiger partial charge in [0.05, 0.1) is 0 Å². The number of rotatable bonds is 35. The molecule has 0 spiro atoms. The molecule has 242 valence electrons. The molecule has 1 heteroatoms. The second-order valence-electron chi connectivity index (χ2n) is 13.8. The van der Waals surface area contributed by atoms with E-state index >= 15 is 0 Å². The maximum absolute atomic E-state index is 5.86. The minimum atomic E-state index is 0.615. The number of unbranched alkanes of at least 4 members (excludes halogenated alkanes) is 27. The zero-order valence-corrected chi connectivity index (χ0v) is 28.8. The van der Waals surface area contributed by atoms with E-state index in [1.165, 1.54) is 218 Å². The molecule has 0 saturated carbocycles. The number of hydrogen-bond acceptors (Lipinski definition) is 1. The van der Waals surface area contributed by atoms with Gasteiger partial charge >= 0.3 is 0 Å². The van der Waals surface area contributed by atoms with Crippen LogP contribution in [-0.4, -0.2) is 6.54 Å². The highest BCUT2D eigenvalue weighted by Gasteiger charge is 2.26. The molecule has 0 aliphatic carbocycles. The van der Waals surface area contributed by atoms with Crippen LogP contribution in [0.25, 0.3) is 0 Å². The van der Waals surface area contributed by atoms with Crippen LogP contribution in [-0.2, 0) is 0 Å². The number of nitrogens with two attached hydrogens (primary N) is 1. The molecule has 0 radical (unpaired) electrons. The van der Waals surface area contributed by atoms with Gasteiger partial charge in [-0.2, -0.15) is 0 Å². The summed E-state index contributed by atoms with van der Waals surface area (Å²) in [5.41, 5.74) is 6.48. The van der Waals surface area contributed by atoms with Gasteiger partial charge in [-0.3, -0.25) is 0 Å². The van der Waals surface area contributed by atoms with Crippen molar-refractivity contribution in [1.29, 1.82) is 0 Å². The van der Waals surface area contributed by atoms with Crippen molar-refractivity contribution in [3.8, 4) is 0 Å². The van der Waals surface area contributed by atoms with Gasteiger partial charge in [-0.05, 0) is 37.6 Å². The Morgan fingerprint density at radius 1 is 0.300 bits per heavy atom.